The van der Waals surface area contributed by atoms with Gasteiger partial charge in [0.25, 0.3) is 5.91 Å². The van der Waals surface area contributed by atoms with Gasteiger partial charge in [0.2, 0.25) is 10.0 Å². The molecule has 1 amide bonds. The summed E-state index contributed by atoms with van der Waals surface area (Å²) in [5.74, 6) is -0.0790. The maximum atomic E-state index is 13.2. The number of nitrogens with zero attached hydrogens (tertiary/aromatic N) is 2. The van der Waals surface area contributed by atoms with E-state index in [4.69, 9.17) is 4.74 Å². The van der Waals surface area contributed by atoms with E-state index in [2.05, 4.69) is 0 Å². The van der Waals surface area contributed by atoms with Crippen molar-refractivity contribution in [2.24, 2.45) is 0 Å². The molecule has 3 aromatic rings. The van der Waals surface area contributed by atoms with Gasteiger partial charge in [-0.15, -0.1) is 0 Å². The molecule has 0 aromatic heterocycles. The van der Waals surface area contributed by atoms with Gasteiger partial charge in [0.1, 0.15) is 10.6 Å². The quantitative estimate of drug-likeness (QED) is 0.618. The molecule has 0 saturated heterocycles. The molecular formula is C22H24N2O4S. The first-order valence-electron chi connectivity index (χ1n) is 9.20. The molecule has 29 heavy (non-hydrogen) atoms. The maximum Gasteiger partial charge on any atom is 0.258 e. The number of carbonyl (C=O) groups excluding carboxylic acids is 1. The highest BCUT2D eigenvalue weighted by Crippen LogP contribution is 2.29. The Balaban J connectivity index is 2.05. The number of hydrogen-bond donors (Lipinski definition) is 0. The molecule has 0 saturated carbocycles. The van der Waals surface area contributed by atoms with Gasteiger partial charge in [-0.3, -0.25) is 4.79 Å². The number of fused-ring (bicyclic) bond motifs is 1. The van der Waals surface area contributed by atoms with Crippen LogP contribution in [0.1, 0.15) is 17.3 Å². The predicted molar refractivity (Wildman–Crippen MR) is 115 cm³/mol. The van der Waals surface area contributed by atoms with Gasteiger partial charge in [0.05, 0.1) is 7.11 Å². The zero-order valence-electron chi connectivity index (χ0n) is 16.9. The summed E-state index contributed by atoms with van der Waals surface area (Å²) in [7, 11) is 0.520. The van der Waals surface area contributed by atoms with Crippen molar-refractivity contribution in [3.8, 4) is 5.75 Å². The van der Waals surface area contributed by atoms with Crippen molar-refractivity contribution in [2.45, 2.75) is 11.8 Å². The van der Waals surface area contributed by atoms with Gasteiger partial charge in [-0.1, -0.05) is 30.3 Å². The summed E-state index contributed by atoms with van der Waals surface area (Å²) in [5, 5.41) is 2.12. The molecule has 152 valence electrons. The Morgan fingerprint density at radius 2 is 1.66 bits per heavy atom. The highest BCUT2D eigenvalue weighted by Gasteiger charge is 2.25. The summed E-state index contributed by atoms with van der Waals surface area (Å²) in [6, 6.07) is 18.2. The van der Waals surface area contributed by atoms with Crippen molar-refractivity contribution in [2.75, 3.05) is 32.6 Å². The minimum Gasteiger partial charge on any atom is -0.495 e. The van der Waals surface area contributed by atoms with Crippen molar-refractivity contribution in [3.63, 3.8) is 0 Å². The number of methoxy groups -OCH3 is 1. The van der Waals surface area contributed by atoms with Gasteiger partial charge < -0.3 is 9.64 Å². The van der Waals surface area contributed by atoms with Crippen LogP contribution in [-0.4, -0.2) is 46.4 Å². The van der Waals surface area contributed by atoms with E-state index in [0.29, 0.717) is 6.54 Å². The van der Waals surface area contributed by atoms with E-state index in [1.807, 2.05) is 49.4 Å². The average Bonchev–Trinajstić information content (AvgIpc) is 2.73. The molecule has 0 bridgehead atoms. The third-order valence-electron chi connectivity index (χ3n) is 4.78. The number of ether oxygens (including phenoxy) is 1. The summed E-state index contributed by atoms with van der Waals surface area (Å²) in [6.07, 6.45) is 0. The Labute approximate surface area is 171 Å². The normalized spacial score (nSPS) is 11.6. The van der Waals surface area contributed by atoms with E-state index in [1.54, 1.807) is 11.0 Å². The third kappa shape index (κ3) is 3.97. The van der Waals surface area contributed by atoms with Crippen molar-refractivity contribution in [3.05, 3.63) is 66.2 Å². The highest BCUT2D eigenvalue weighted by molar-refractivity contribution is 7.89. The fourth-order valence-corrected chi connectivity index (χ4v) is 4.23. The van der Waals surface area contributed by atoms with Crippen LogP contribution < -0.4 is 9.64 Å². The summed E-state index contributed by atoms with van der Waals surface area (Å²) in [4.78, 5) is 14.8. The summed E-state index contributed by atoms with van der Waals surface area (Å²) in [6.45, 7) is 2.33. The lowest BCUT2D eigenvalue weighted by atomic mass is 10.1. The number of amides is 1. The lowest BCUT2D eigenvalue weighted by molar-refractivity contribution is 0.0988. The molecule has 0 aliphatic heterocycles. The van der Waals surface area contributed by atoms with E-state index < -0.39 is 10.0 Å². The fraction of sp³-hybridized carbons (Fsp3) is 0.227. The molecule has 0 heterocycles. The Morgan fingerprint density at radius 3 is 2.28 bits per heavy atom. The molecule has 6 nitrogen and oxygen atoms in total. The Kier molecular flexibility index (Phi) is 5.91. The minimum atomic E-state index is -3.76. The second-order valence-electron chi connectivity index (χ2n) is 6.73. The molecule has 0 unspecified atom stereocenters. The SMILES string of the molecule is CCN(C(=O)c1ccc(OC)c(S(=O)(=O)N(C)C)c1)c1ccc2ccccc2c1. The molecule has 0 N–H and O–H groups in total. The maximum absolute atomic E-state index is 13.2. The number of hydrogen-bond acceptors (Lipinski definition) is 4. The topological polar surface area (TPSA) is 66.9 Å². The van der Waals surface area contributed by atoms with Gasteiger partial charge in [-0.25, -0.2) is 12.7 Å². The molecule has 0 fully saturated rings. The molecule has 0 aliphatic rings. The van der Waals surface area contributed by atoms with Crippen LogP contribution >= 0.6 is 0 Å². The molecule has 0 aliphatic carbocycles. The molecule has 0 spiro atoms. The molecule has 3 aromatic carbocycles. The van der Waals surface area contributed by atoms with Crippen molar-refractivity contribution >= 4 is 32.4 Å². The highest BCUT2D eigenvalue weighted by atomic mass is 32.2. The minimum absolute atomic E-state index is 0.0367. The number of rotatable bonds is 6. The first-order valence-corrected chi connectivity index (χ1v) is 10.6. The lowest BCUT2D eigenvalue weighted by Crippen LogP contribution is -2.31. The standard InChI is InChI=1S/C22H24N2O4S/c1-5-24(19-12-10-16-8-6-7-9-17(16)14-19)22(25)18-11-13-20(28-4)21(15-18)29(26,27)23(2)3/h6-15H,5H2,1-4H3. The monoisotopic (exact) mass is 412 g/mol. The molecule has 0 radical (unpaired) electrons. The van der Waals surface area contributed by atoms with Gasteiger partial charge in [0.15, 0.2) is 0 Å². The van der Waals surface area contributed by atoms with Crippen LogP contribution in [0, 0.1) is 0 Å². The van der Waals surface area contributed by atoms with Crippen molar-refractivity contribution in [1.82, 2.24) is 4.31 Å². The van der Waals surface area contributed by atoms with Gasteiger partial charge in [-0.05, 0) is 48.0 Å². The predicted octanol–water partition coefficient (Wildman–Crippen LogP) is 3.77. The Hall–Kier alpha value is -2.90. The Morgan fingerprint density at radius 1 is 0.966 bits per heavy atom. The van der Waals surface area contributed by atoms with Crippen LogP contribution in [0.25, 0.3) is 10.8 Å². The Bertz CT molecular complexity index is 1160. The first kappa shape index (κ1) is 20.8. The zero-order valence-corrected chi connectivity index (χ0v) is 17.7. The van der Waals surface area contributed by atoms with Gasteiger partial charge >= 0.3 is 0 Å². The van der Waals surface area contributed by atoms with E-state index >= 15 is 0 Å². The molecule has 3 rings (SSSR count). The molecular weight excluding hydrogens is 388 g/mol. The van der Waals surface area contributed by atoms with Crippen LogP contribution in [-0.2, 0) is 10.0 Å². The zero-order chi connectivity index (χ0) is 21.2. The number of anilines is 1. The fourth-order valence-electron chi connectivity index (χ4n) is 3.15. The van der Waals surface area contributed by atoms with Crippen LogP contribution in [0.3, 0.4) is 0 Å². The second kappa shape index (κ2) is 8.23. The van der Waals surface area contributed by atoms with Gasteiger partial charge in [0, 0.05) is 31.9 Å². The largest absolute Gasteiger partial charge is 0.495 e. The lowest BCUT2D eigenvalue weighted by Gasteiger charge is -2.22. The van der Waals surface area contributed by atoms with Crippen LogP contribution in [0.2, 0.25) is 0 Å². The van der Waals surface area contributed by atoms with Crippen LogP contribution in [0.15, 0.2) is 65.6 Å². The summed E-state index contributed by atoms with van der Waals surface area (Å²) >= 11 is 0. The number of carbonyl (C=O) groups is 1. The van der Waals surface area contributed by atoms with E-state index in [-0.39, 0.29) is 22.1 Å². The van der Waals surface area contributed by atoms with E-state index in [0.717, 1.165) is 20.8 Å². The average molecular weight is 413 g/mol. The van der Waals surface area contributed by atoms with Crippen LogP contribution in [0.5, 0.6) is 5.75 Å². The van der Waals surface area contributed by atoms with Crippen molar-refractivity contribution in [1.29, 1.82) is 0 Å². The molecule has 7 heteroatoms. The van der Waals surface area contributed by atoms with Crippen molar-refractivity contribution < 1.29 is 17.9 Å². The molecule has 0 atom stereocenters. The van der Waals surface area contributed by atoms with E-state index in [1.165, 1.54) is 33.3 Å². The summed E-state index contributed by atoms with van der Waals surface area (Å²) in [5.41, 5.74) is 1.03. The van der Waals surface area contributed by atoms with Crippen LogP contribution in [0.4, 0.5) is 5.69 Å². The second-order valence-corrected chi connectivity index (χ2v) is 8.85. The first-order chi connectivity index (χ1) is 13.8. The third-order valence-corrected chi connectivity index (χ3v) is 6.61. The number of benzene rings is 3. The smallest absolute Gasteiger partial charge is 0.258 e. The number of sulfonamides is 1. The summed E-state index contributed by atoms with van der Waals surface area (Å²) < 4.78 is 31.6. The van der Waals surface area contributed by atoms with E-state index in [9.17, 15) is 13.2 Å². The van der Waals surface area contributed by atoms with Gasteiger partial charge in [-0.2, -0.15) is 0 Å².